The summed E-state index contributed by atoms with van der Waals surface area (Å²) in [6.45, 7) is 0.528. The van der Waals surface area contributed by atoms with Gasteiger partial charge >= 0.3 is 0 Å². The van der Waals surface area contributed by atoms with Crippen molar-refractivity contribution in [1.29, 1.82) is 0 Å². The first-order chi connectivity index (χ1) is 11.0. The number of anilines is 3. The van der Waals surface area contributed by atoms with Gasteiger partial charge in [-0.2, -0.15) is 4.98 Å². The van der Waals surface area contributed by atoms with Gasteiger partial charge in [0.05, 0.1) is 5.69 Å². The molecule has 0 saturated heterocycles. The molecule has 23 heavy (non-hydrogen) atoms. The smallest absolute Gasteiger partial charge is 0.225 e. The molecule has 0 bridgehead atoms. The molecule has 0 aliphatic carbocycles. The molecule has 1 atom stereocenters. The lowest BCUT2D eigenvalue weighted by Gasteiger charge is -2.20. The molecule has 1 aliphatic rings. The summed E-state index contributed by atoms with van der Waals surface area (Å²) < 4.78 is 35.8. The van der Waals surface area contributed by atoms with Crippen LogP contribution < -0.4 is 10.2 Å². The van der Waals surface area contributed by atoms with Crippen LogP contribution in [0.2, 0.25) is 5.15 Å². The van der Waals surface area contributed by atoms with Gasteiger partial charge in [0.15, 0.2) is 0 Å². The average Bonchev–Trinajstić information content (AvgIpc) is 2.91. The van der Waals surface area contributed by atoms with Crippen molar-refractivity contribution in [2.75, 3.05) is 23.8 Å². The zero-order chi connectivity index (χ0) is 16.6. The molecule has 6 nitrogen and oxygen atoms in total. The minimum absolute atomic E-state index is 0.217. The van der Waals surface area contributed by atoms with Gasteiger partial charge in [0.1, 0.15) is 16.8 Å². The van der Waals surface area contributed by atoms with E-state index in [9.17, 15) is 13.2 Å². The molecule has 1 N–H and O–H groups in total. The van der Waals surface area contributed by atoms with Crippen LogP contribution in [0.4, 0.5) is 21.8 Å². The van der Waals surface area contributed by atoms with Gasteiger partial charge in [-0.3, -0.25) is 4.21 Å². The van der Waals surface area contributed by atoms with Crippen LogP contribution in [0.1, 0.15) is 11.1 Å². The Bertz CT molecular complexity index is 790. The molecule has 0 spiro atoms. The monoisotopic (exact) mass is 355 g/mol. The normalized spacial score (nSPS) is 14.7. The fourth-order valence-electron chi connectivity index (χ4n) is 2.55. The highest BCUT2D eigenvalue weighted by molar-refractivity contribution is 7.78. The highest BCUT2D eigenvalue weighted by atomic mass is 35.5. The van der Waals surface area contributed by atoms with Crippen LogP contribution in [-0.2, 0) is 23.3 Å². The van der Waals surface area contributed by atoms with Gasteiger partial charge in [-0.1, -0.05) is 28.7 Å². The molecule has 0 amide bonds. The lowest BCUT2D eigenvalue weighted by Crippen LogP contribution is -2.16. The molecule has 3 rings (SSSR count). The molecule has 1 aliphatic heterocycles. The van der Waals surface area contributed by atoms with Crippen molar-refractivity contribution in [3.05, 3.63) is 40.3 Å². The molecule has 122 valence electrons. The number of nitrogens with one attached hydrogen (secondary N) is 1. The van der Waals surface area contributed by atoms with Crippen molar-refractivity contribution < 1.29 is 13.2 Å². The number of nitrogens with zero attached hydrogens (tertiary/aromatic N) is 3. The van der Waals surface area contributed by atoms with E-state index in [0.29, 0.717) is 41.1 Å². The molecule has 0 radical (unpaired) electrons. The Hall–Kier alpha value is -1.77. The summed E-state index contributed by atoms with van der Waals surface area (Å²) in [7, 11) is 1.68. The predicted molar refractivity (Wildman–Crippen MR) is 86.3 cm³/mol. The maximum Gasteiger partial charge on any atom is 0.225 e. The second-order valence-corrected chi connectivity index (χ2v) is 6.28. The molecule has 9 heteroatoms. The first kappa shape index (κ1) is 16.1. The SMILES string of the molecule is CNc1nc(Cl)c2c(n1)N(c1ccc(CS(=O)[O-])cc1F)CC2. The topological polar surface area (TPSA) is 81.2 Å². The average molecular weight is 356 g/mol. The molecule has 0 saturated carbocycles. The second-order valence-electron chi connectivity index (χ2n) is 5.03. The number of benzene rings is 1. The van der Waals surface area contributed by atoms with E-state index in [1.807, 2.05) is 0 Å². The van der Waals surface area contributed by atoms with Crippen LogP contribution in [0.5, 0.6) is 0 Å². The third kappa shape index (κ3) is 3.15. The summed E-state index contributed by atoms with van der Waals surface area (Å²) in [6.07, 6.45) is 0.615. The van der Waals surface area contributed by atoms with Gasteiger partial charge in [0.2, 0.25) is 5.95 Å². The Morgan fingerprint density at radius 1 is 1.48 bits per heavy atom. The quantitative estimate of drug-likeness (QED) is 0.670. The largest absolute Gasteiger partial charge is 0.772 e. The van der Waals surface area contributed by atoms with Crippen LogP contribution in [0.25, 0.3) is 0 Å². The summed E-state index contributed by atoms with van der Waals surface area (Å²) in [5.74, 6) is 0.209. The number of aromatic nitrogens is 2. The maximum absolute atomic E-state index is 14.4. The molecule has 1 unspecified atom stereocenters. The van der Waals surface area contributed by atoms with Crippen molar-refractivity contribution in [2.24, 2.45) is 0 Å². The minimum atomic E-state index is -2.25. The van der Waals surface area contributed by atoms with Crippen molar-refractivity contribution >= 4 is 40.1 Å². The molecule has 1 aromatic heterocycles. The van der Waals surface area contributed by atoms with Gasteiger partial charge in [0.25, 0.3) is 0 Å². The Balaban J connectivity index is 1.99. The van der Waals surface area contributed by atoms with Crippen molar-refractivity contribution in [3.8, 4) is 0 Å². The van der Waals surface area contributed by atoms with E-state index < -0.39 is 16.9 Å². The Morgan fingerprint density at radius 3 is 2.91 bits per heavy atom. The number of rotatable bonds is 4. The maximum atomic E-state index is 14.4. The number of halogens is 2. The highest BCUT2D eigenvalue weighted by Crippen LogP contribution is 2.37. The van der Waals surface area contributed by atoms with Crippen LogP contribution >= 0.6 is 11.6 Å². The van der Waals surface area contributed by atoms with Crippen molar-refractivity contribution in [2.45, 2.75) is 12.2 Å². The van der Waals surface area contributed by atoms with E-state index in [2.05, 4.69) is 15.3 Å². The van der Waals surface area contributed by atoms with E-state index in [0.717, 1.165) is 5.56 Å². The zero-order valence-corrected chi connectivity index (χ0v) is 13.7. The van der Waals surface area contributed by atoms with Gasteiger partial charge in [-0.15, -0.1) is 0 Å². The van der Waals surface area contributed by atoms with E-state index in [1.54, 1.807) is 24.1 Å². The van der Waals surface area contributed by atoms with E-state index in [4.69, 9.17) is 11.6 Å². The zero-order valence-electron chi connectivity index (χ0n) is 12.2. The summed E-state index contributed by atoms with van der Waals surface area (Å²) in [5, 5.41) is 3.17. The molecular weight excluding hydrogens is 343 g/mol. The fraction of sp³-hybridized carbons (Fsp3) is 0.286. The summed E-state index contributed by atoms with van der Waals surface area (Å²) in [5.41, 5.74) is 1.51. The van der Waals surface area contributed by atoms with E-state index >= 15 is 0 Å². The third-order valence-corrected chi connectivity index (χ3v) is 4.47. The number of hydrogen-bond donors (Lipinski definition) is 1. The van der Waals surface area contributed by atoms with Gasteiger partial charge < -0.3 is 14.8 Å². The van der Waals surface area contributed by atoms with Gasteiger partial charge in [0, 0.05) is 24.9 Å². The minimum Gasteiger partial charge on any atom is -0.772 e. The van der Waals surface area contributed by atoms with Crippen LogP contribution in [-0.4, -0.2) is 32.3 Å². The summed E-state index contributed by atoms with van der Waals surface area (Å²) in [4.78, 5) is 10.2. The molecule has 0 fully saturated rings. The van der Waals surface area contributed by atoms with Crippen LogP contribution in [0, 0.1) is 5.82 Å². The summed E-state index contributed by atoms with van der Waals surface area (Å²) >= 11 is 3.89. The Labute approximate surface area is 140 Å². The lowest BCUT2D eigenvalue weighted by atomic mass is 10.2. The number of hydrogen-bond acceptors (Lipinski definition) is 6. The standard InChI is InChI=1S/C14H14ClFN4O2S/c1-17-14-18-12(15)9-4-5-20(13(9)19-14)11-3-2-8(6-10(11)16)7-23(21)22/h2-3,6H,4-5,7H2,1H3,(H,21,22)(H,17,18,19)/p-1. The lowest BCUT2D eigenvalue weighted by molar-refractivity contribution is 0.536. The van der Waals surface area contributed by atoms with Crippen molar-refractivity contribution in [1.82, 2.24) is 9.97 Å². The van der Waals surface area contributed by atoms with E-state index in [-0.39, 0.29) is 5.75 Å². The molecule has 2 heterocycles. The predicted octanol–water partition coefficient (Wildman–Crippen LogP) is 2.38. The molecule has 1 aromatic carbocycles. The molecular formula is C14H13ClFN4O2S-. The Morgan fingerprint density at radius 2 is 2.26 bits per heavy atom. The number of fused-ring (bicyclic) bond motifs is 1. The van der Waals surface area contributed by atoms with E-state index in [1.165, 1.54) is 6.07 Å². The third-order valence-electron chi connectivity index (χ3n) is 3.59. The first-order valence-electron chi connectivity index (χ1n) is 6.85. The second kappa shape index (κ2) is 6.38. The fourth-order valence-corrected chi connectivity index (χ4v) is 3.27. The van der Waals surface area contributed by atoms with Crippen LogP contribution in [0.3, 0.4) is 0 Å². The van der Waals surface area contributed by atoms with Gasteiger partial charge in [-0.25, -0.2) is 9.37 Å². The van der Waals surface area contributed by atoms with Crippen LogP contribution in [0.15, 0.2) is 18.2 Å². The highest BCUT2D eigenvalue weighted by Gasteiger charge is 2.27. The first-order valence-corrected chi connectivity index (χ1v) is 8.47. The molecule has 2 aromatic rings. The van der Waals surface area contributed by atoms with Crippen molar-refractivity contribution in [3.63, 3.8) is 0 Å². The Kier molecular flexibility index (Phi) is 4.47. The van der Waals surface area contributed by atoms with Gasteiger partial charge in [-0.05, 0) is 24.1 Å². The summed E-state index contributed by atoms with van der Waals surface area (Å²) in [6, 6.07) is 4.38.